The van der Waals surface area contributed by atoms with Crippen molar-refractivity contribution in [3.63, 3.8) is 0 Å². The zero-order valence-electron chi connectivity index (χ0n) is 16.7. The van der Waals surface area contributed by atoms with Gasteiger partial charge >= 0.3 is 0 Å². The van der Waals surface area contributed by atoms with Crippen molar-refractivity contribution in [1.29, 1.82) is 0 Å². The molecule has 1 aliphatic rings. The third kappa shape index (κ3) is 4.50. The zero-order valence-corrected chi connectivity index (χ0v) is 18.3. The summed E-state index contributed by atoms with van der Waals surface area (Å²) in [5, 5.41) is 3.92. The number of hydrogen-bond donors (Lipinski definition) is 0. The highest BCUT2D eigenvalue weighted by molar-refractivity contribution is 7.89. The lowest BCUT2D eigenvalue weighted by Gasteiger charge is -2.20. The molecular formula is C24H23NO3S2. The number of nitrogens with zero attached hydrogens (tertiary/aromatic N) is 1. The van der Waals surface area contributed by atoms with Gasteiger partial charge in [-0.15, -0.1) is 0 Å². The minimum absolute atomic E-state index is 0.234. The van der Waals surface area contributed by atoms with E-state index in [0.717, 1.165) is 22.3 Å². The van der Waals surface area contributed by atoms with Gasteiger partial charge in [0.1, 0.15) is 5.76 Å². The van der Waals surface area contributed by atoms with Crippen molar-refractivity contribution in [2.24, 2.45) is 0 Å². The lowest BCUT2D eigenvalue weighted by molar-refractivity contribution is 0.283. The van der Waals surface area contributed by atoms with Crippen LogP contribution in [0.25, 0.3) is 11.3 Å². The normalized spacial score (nSPS) is 18.8. The van der Waals surface area contributed by atoms with Crippen LogP contribution >= 0.6 is 11.3 Å². The summed E-state index contributed by atoms with van der Waals surface area (Å²) in [7, 11) is -3.73. The minimum atomic E-state index is -3.73. The van der Waals surface area contributed by atoms with Crippen LogP contribution in [0.2, 0.25) is 0 Å². The van der Waals surface area contributed by atoms with E-state index < -0.39 is 10.0 Å². The fourth-order valence-electron chi connectivity index (χ4n) is 3.28. The maximum Gasteiger partial charge on any atom is 0.264 e. The summed E-state index contributed by atoms with van der Waals surface area (Å²) >= 11 is 1.55. The van der Waals surface area contributed by atoms with Crippen LogP contribution in [0.3, 0.4) is 0 Å². The van der Waals surface area contributed by atoms with Gasteiger partial charge in [0.2, 0.25) is 0 Å². The van der Waals surface area contributed by atoms with Gasteiger partial charge in [-0.05, 0) is 41.6 Å². The molecular weight excluding hydrogens is 414 g/mol. The second-order valence-electron chi connectivity index (χ2n) is 7.09. The van der Waals surface area contributed by atoms with Crippen LogP contribution < -0.4 is 0 Å². The molecule has 0 spiro atoms. The predicted molar refractivity (Wildman–Crippen MR) is 122 cm³/mol. The molecule has 0 fully saturated rings. The molecule has 1 aromatic heterocycles. The Morgan fingerprint density at radius 1 is 0.967 bits per heavy atom. The Hall–Kier alpha value is -2.83. The molecule has 0 N–H and O–H groups in total. The molecule has 4 rings (SSSR count). The van der Waals surface area contributed by atoms with Crippen molar-refractivity contribution < 1.29 is 13.2 Å². The second-order valence-corrected chi connectivity index (χ2v) is 9.76. The fraction of sp³-hybridized carbons (Fsp3) is 0.167. The van der Waals surface area contributed by atoms with Crippen LogP contribution in [-0.2, 0) is 14.8 Å². The molecule has 0 bridgehead atoms. The number of sulfonamides is 1. The number of ether oxygens (including phenoxy) is 1. The molecule has 0 saturated heterocycles. The Morgan fingerprint density at radius 2 is 1.73 bits per heavy atom. The van der Waals surface area contributed by atoms with Gasteiger partial charge in [0.15, 0.2) is 0 Å². The largest absolute Gasteiger partial charge is 0.491 e. The molecule has 154 valence electrons. The minimum Gasteiger partial charge on any atom is -0.491 e. The summed E-state index contributed by atoms with van der Waals surface area (Å²) in [6.07, 6.45) is 4.29. The van der Waals surface area contributed by atoms with Crippen LogP contribution in [-0.4, -0.2) is 25.9 Å². The van der Waals surface area contributed by atoms with Crippen molar-refractivity contribution in [3.05, 3.63) is 100 Å². The van der Waals surface area contributed by atoms with Crippen molar-refractivity contribution in [2.75, 3.05) is 13.2 Å². The Kier molecular flexibility index (Phi) is 6.06. The number of benzene rings is 2. The van der Waals surface area contributed by atoms with Gasteiger partial charge < -0.3 is 4.74 Å². The summed E-state index contributed by atoms with van der Waals surface area (Å²) in [6.45, 7) is 2.65. The Bertz CT molecular complexity index is 1150. The maximum absolute atomic E-state index is 13.4. The average Bonchev–Trinajstić information content (AvgIpc) is 3.31. The van der Waals surface area contributed by atoms with Crippen LogP contribution in [0.5, 0.6) is 0 Å². The highest BCUT2D eigenvalue weighted by Crippen LogP contribution is 2.27. The molecule has 0 aliphatic carbocycles. The van der Waals surface area contributed by atoms with E-state index in [1.807, 2.05) is 72.3 Å². The Labute approximate surface area is 181 Å². The third-order valence-corrected chi connectivity index (χ3v) is 7.41. The summed E-state index contributed by atoms with van der Waals surface area (Å²) in [5.74, 6) is 0.564. The van der Waals surface area contributed by atoms with Crippen LogP contribution in [0, 0.1) is 6.92 Å². The number of rotatable bonds is 4. The van der Waals surface area contributed by atoms with Crippen LogP contribution in [0.1, 0.15) is 23.1 Å². The molecule has 0 radical (unpaired) electrons. The first-order valence-corrected chi connectivity index (χ1v) is 12.1. The molecule has 30 heavy (non-hydrogen) atoms. The van der Waals surface area contributed by atoms with Gasteiger partial charge in [-0.25, -0.2) is 8.42 Å². The van der Waals surface area contributed by atoms with E-state index in [2.05, 4.69) is 0 Å². The monoisotopic (exact) mass is 437 g/mol. The van der Waals surface area contributed by atoms with E-state index in [-0.39, 0.29) is 11.4 Å². The van der Waals surface area contributed by atoms with Gasteiger partial charge in [-0.3, -0.25) is 4.31 Å². The zero-order chi connectivity index (χ0) is 21.0. The number of hydrogen-bond acceptors (Lipinski definition) is 4. The molecule has 3 aromatic rings. The van der Waals surface area contributed by atoms with Crippen molar-refractivity contribution in [2.45, 2.75) is 18.2 Å². The lowest BCUT2D eigenvalue weighted by atomic mass is 10.0. The number of thiophene rings is 1. The summed E-state index contributed by atoms with van der Waals surface area (Å²) in [6, 6.07) is 18.9. The van der Waals surface area contributed by atoms with E-state index in [1.165, 1.54) is 4.31 Å². The van der Waals surface area contributed by atoms with Crippen molar-refractivity contribution in [1.82, 2.24) is 4.31 Å². The predicted octanol–water partition coefficient (Wildman–Crippen LogP) is 5.55. The summed E-state index contributed by atoms with van der Waals surface area (Å²) in [5.41, 5.74) is 4.04. The van der Waals surface area contributed by atoms with Crippen molar-refractivity contribution >= 4 is 32.7 Å². The van der Waals surface area contributed by atoms with Crippen molar-refractivity contribution in [3.8, 4) is 0 Å². The smallest absolute Gasteiger partial charge is 0.264 e. The Balaban J connectivity index is 1.75. The lowest BCUT2D eigenvalue weighted by Crippen LogP contribution is -2.27. The number of aryl methyl sites for hydroxylation is 1. The first kappa shape index (κ1) is 20.4. The molecule has 0 saturated carbocycles. The van der Waals surface area contributed by atoms with Gasteiger partial charge in [0.25, 0.3) is 10.0 Å². The van der Waals surface area contributed by atoms with E-state index in [9.17, 15) is 8.42 Å². The van der Waals surface area contributed by atoms with Crippen LogP contribution in [0.4, 0.5) is 0 Å². The SMILES string of the molecule is Cc1ccc(S(=O)(=O)N2/C=C(/c3ccsc3)OCC/C(c3ccccc3)=C\C2)cc1. The molecule has 0 unspecified atom stereocenters. The second kappa shape index (κ2) is 8.90. The first-order chi connectivity index (χ1) is 14.5. The highest BCUT2D eigenvalue weighted by Gasteiger charge is 2.23. The molecule has 0 amide bonds. The Morgan fingerprint density at radius 3 is 2.43 bits per heavy atom. The van der Waals surface area contributed by atoms with Gasteiger partial charge in [0, 0.05) is 17.4 Å². The summed E-state index contributed by atoms with van der Waals surface area (Å²) < 4.78 is 34.3. The molecule has 2 heterocycles. The molecule has 0 atom stereocenters. The quantitative estimate of drug-likeness (QED) is 0.538. The van der Waals surface area contributed by atoms with E-state index in [0.29, 0.717) is 18.8 Å². The van der Waals surface area contributed by atoms with E-state index >= 15 is 0 Å². The van der Waals surface area contributed by atoms with Gasteiger partial charge in [0.05, 0.1) is 24.2 Å². The average molecular weight is 438 g/mol. The third-order valence-electron chi connectivity index (χ3n) is 4.99. The molecule has 1 aliphatic heterocycles. The molecule has 6 heteroatoms. The summed E-state index contributed by atoms with van der Waals surface area (Å²) in [4.78, 5) is 0.267. The maximum atomic E-state index is 13.4. The highest BCUT2D eigenvalue weighted by atomic mass is 32.2. The van der Waals surface area contributed by atoms with Crippen LogP contribution in [0.15, 0.2) is 88.6 Å². The van der Waals surface area contributed by atoms with E-state index in [1.54, 1.807) is 29.7 Å². The van der Waals surface area contributed by atoms with Gasteiger partial charge in [-0.1, -0.05) is 54.1 Å². The van der Waals surface area contributed by atoms with E-state index in [4.69, 9.17) is 4.74 Å². The standard InChI is InChI=1S/C24H23NO3S2/c1-19-7-9-23(10-8-19)30(26,27)25-14-11-21(20-5-3-2-4-6-20)12-15-28-24(17-25)22-13-16-29-18-22/h2-11,13,16-18H,12,14-15H2,1H3/b21-11+,24-17-. The topological polar surface area (TPSA) is 46.6 Å². The molecule has 2 aromatic carbocycles. The first-order valence-electron chi connectivity index (χ1n) is 9.74. The van der Waals surface area contributed by atoms with Gasteiger partial charge in [-0.2, -0.15) is 11.3 Å². The fourth-order valence-corrected chi connectivity index (χ4v) is 5.19. The molecule has 4 nitrogen and oxygen atoms in total.